The highest BCUT2D eigenvalue weighted by atomic mass is 35.5. The van der Waals surface area contributed by atoms with Crippen LogP contribution in [0.4, 0.5) is 13.2 Å². The fraction of sp³-hybridized carbons (Fsp3) is 0.333. The molecular formula is C24H26ClF3N6O2. The van der Waals surface area contributed by atoms with Crippen molar-refractivity contribution in [2.75, 3.05) is 20.6 Å². The van der Waals surface area contributed by atoms with Gasteiger partial charge in [-0.3, -0.25) is 9.59 Å². The third-order valence-electron chi connectivity index (χ3n) is 5.93. The molecule has 0 spiro atoms. The standard InChI is InChI=1S/C24H25F3N6O2.ClH/c1-31(2)24(35)15-5-3-14(4-6-15)23-21-13-32(7-8-33(21)30-29-23)22(34)11-17(28)9-16-10-19(26)20(27)12-18(16)25;/h3-6,10,12,17H,7-9,11,13,28H2,1-2H3;1H/t17-;/m1./s1. The van der Waals surface area contributed by atoms with Crippen LogP contribution in [-0.4, -0.2) is 63.3 Å². The van der Waals surface area contributed by atoms with Crippen LogP contribution < -0.4 is 5.73 Å². The monoisotopic (exact) mass is 522 g/mol. The number of halogens is 4. The first kappa shape index (κ1) is 27.2. The first-order valence-corrected chi connectivity index (χ1v) is 11.0. The predicted octanol–water partition coefficient (Wildman–Crippen LogP) is 2.79. The Morgan fingerprint density at radius 2 is 1.72 bits per heavy atom. The van der Waals surface area contributed by atoms with Gasteiger partial charge in [0.2, 0.25) is 5.91 Å². The molecule has 192 valence electrons. The number of fused-ring (bicyclic) bond motifs is 1. The number of hydrogen-bond donors (Lipinski definition) is 1. The van der Waals surface area contributed by atoms with E-state index in [2.05, 4.69) is 10.3 Å². The maximum Gasteiger partial charge on any atom is 0.253 e. The van der Waals surface area contributed by atoms with E-state index in [0.29, 0.717) is 30.4 Å². The van der Waals surface area contributed by atoms with Crippen LogP contribution in [0.25, 0.3) is 11.3 Å². The molecule has 4 rings (SSSR count). The van der Waals surface area contributed by atoms with Gasteiger partial charge in [0.25, 0.3) is 5.91 Å². The van der Waals surface area contributed by atoms with E-state index < -0.39 is 23.5 Å². The topological polar surface area (TPSA) is 97.4 Å². The second-order valence-electron chi connectivity index (χ2n) is 8.73. The van der Waals surface area contributed by atoms with Gasteiger partial charge < -0.3 is 15.5 Å². The van der Waals surface area contributed by atoms with Gasteiger partial charge in [-0.2, -0.15) is 0 Å². The van der Waals surface area contributed by atoms with E-state index in [-0.39, 0.29) is 49.2 Å². The van der Waals surface area contributed by atoms with Gasteiger partial charge in [0.15, 0.2) is 11.6 Å². The van der Waals surface area contributed by atoms with E-state index in [0.717, 1.165) is 17.3 Å². The first-order chi connectivity index (χ1) is 16.6. The van der Waals surface area contributed by atoms with Gasteiger partial charge in [0.05, 0.1) is 18.8 Å². The maximum absolute atomic E-state index is 13.9. The van der Waals surface area contributed by atoms with E-state index in [1.165, 1.54) is 4.90 Å². The largest absolute Gasteiger partial charge is 0.345 e. The summed E-state index contributed by atoms with van der Waals surface area (Å²) in [7, 11) is 3.36. The summed E-state index contributed by atoms with van der Waals surface area (Å²) in [5.74, 6) is -3.70. The molecule has 0 bridgehead atoms. The summed E-state index contributed by atoms with van der Waals surface area (Å²) in [6.07, 6.45) is -0.192. The Balaban J connectivity index is 0.00000361. The van der Waals surface area contributed by atoms with E-state index in [1.807, 2.05) is 0 Å². The van der Waals surface area contributed by atoms with Crippen LogP contribution in [0.15, 0.2) is 36.4 Å². The number of carbonyl (C=O) groups is 2. The van der Waals surface area contributed by atoms with Crippen LogP contribution in [-0.2, 0) is 24.3 Å². The zero-order valence-electron chi connectivity index (χ0n) is 19.7. The Bertz CT molecular complexity index is 1270. The minimum Gasteiger partial charge on any atom is -0.345 e. The van der Waals surface area contributed by atoms with Crippen LogP contribution in [0.5, 0.6) is 0 Å². The molecule has 0 radical (unpaired) electrons. The number of hydrogen-bond acceptors (Lipinski definition) is 5. The van der Waals surface area contributed by atoms with Crippen molar-refractivity contribution >= 4 is 24.2 Å². The molecule has 2 aromatic carbocycles. The average molecular weight is 523 g/mol. The average Bonchev–Trinajstić information content (AvgIpc) is 3.25. The summed E-state index contributed by atoms with van der Waals surface area (Å²) in [4.78, 5) is 28.1. The number of benzene rings is 2. The second-order valence-corrected chi connectivity index (χ2v) is 8.73. The summed E-state index contributed by atoms with van der Waals surface area (Å²) in [5.41, 5.74) is 8.62. The Kier molecular flexibility index (Phi) is 8.36. The molecule has 0 saturated heterocycles. The number of amides is 2. The molecule has 12 heteroatoms. The quantitative estimate of drug-likeness (QED) is 0.502. The Hall–Kier alpha value is -3.44. The molecule has 1 aromatic heterocycles. The molecule has 1 aliphatic rings. The zero-order valence-corrected chi connectivity index (χ0v) is 20.6. The van der Waals surface area contributed by atoms with Gasteiger partial charge >= 0.3 is 0 Å². The second kappa shape index (κ2) is 11.1. The molecule has 1 atom stereocenters. The van der Waals surface area contributed by atoms with E-state index in [9.17, 15) is 22.8 Å². The van der Waals surface area contributed by atoms with Gasteiger partial charge in [0.1, 0.15) is 11.5 Å². The summed E-state index contributed by atoms with van der Waals surface area (Å²) in [6, 6.07) is 7.47. The lowest BCUT2D eigenvalue weighted by Crippen LogP contribution is -2.41. The van der Waals surface area contributed by atoms with Gasteiger partial charge in [-0.05, 0) is 30.2 Å². The third-order valence-corrected chi connectivity index (χ3v) is 5.93. The van der Waals surface area contributed by atoms with Gasteiger partial charge in [-0.1, -0.05) is 17.3 Å². The van der Waals surface area contributed by atoms with Crippen molar-refractivity contribution in [3.05, 3.63) is 70.7 Å². The number of nitrogens with two attached hydrogens (primary N) is 1. The van der Waals surface area contributed by atoms with Crippen molar-refractivity contribution in [1.29, 1.82) is 0 Å². The molecule has 0 fully saturated rings. The van der Waals surface area contributed by atoms with Crippen LogP contribution in [0.2, 0.25) is 0 Å². The third kappa shape index (κ3) is 5.68. The van der Waals surface area contributed by atoms with Crippen LogP contribution in [0.1, 0.15) is 28.0 Å². The van der Waals surface area contributed by atoms with Crippen molar-refractivity contribution in [2.45, 2.75) is 32.0 Å². The highest BCUT2D eigenvalue weighted by Gasteiger charge is 2.27. The molecule has 2 heterocycles. The van der Waals surface area contributed by atoms with Crippen molar-refractivity contribution in [3.8, 4) is 11.3 Å². The van der Waals surface area contributed by atoms with Crippen molar-refractivity contribution < 1.29 is 22.8 Å². The Morgan fingerprint density at radius 3 is 2.39 bits per heavy atom. The molecule has 2 N–H and O–H groups in total. The minimum absolute atomic E-state index is 0. The summed E-state index contributed by atoms with van der Waals surface area (Å²) >= 11 is 0. The summed E-state index contributed by atoms with van der Waals surface area (Å²) in [5, 5.41) is 8.44. The Labute approximate surface area is 212 Å². The fourth-order valence-corrected chi connectivity index (χ4v) is 4.04. The maximum atomic E-state index is 13.9. The number of aromatic nitrogens is 3. The number of carbonyl (C=O) groups excluding carboxylic acids is 2. The van der Waals surface area contributed by atoms with Crippen LogP contribution in [0, 0.1) is 17.5 Å². The molecule has 0 unspecified atom stereocenters. The van der Waals surface area contributed by atoms with E-state index in [1.54, 1.807) is 47.9 Å². The number of nitrogens with zero attached hydrogens (tertiary/aromatic N) is 5. The fourth-order valence-electron chi connectivity index (χ4n) is 4.04. The summed E-state index contributed by atoms with van der Waals surface area (Å²) < 4.78 is 42.3. The zero-order chi connectivity index (χ0) is 25.3. The Morgan fingerprint density at radius 1 is 1.06 bits per heavy atom. The van der Waals surface area contributed by atoms with E-state index >= 15 is 0 Å². The molecule has 8 nitrogen and oxygen atoms in total. The lowest BCUT2D eigenvalue weighted by molar-refractivity contribution is -0.133. The molecule has 0 saturated carbocycles. The van der Waals surface area contributed by atoms with Crippen LogP contribution >= 0.6 is 12.4 Å². The minimum atomic E-state index is -1.27. The van der Waals surface area contributed by atoms with Crippen molar-refractivity contribution in [3.63, 3.8) is 0 Å². The van der Waals surface area contributed by atoms with Gasteiger partial charge in [-0.25, -0.2) is 17.9 Å². The first-order valence-electron chi connectivity index (χ1n) is 11.0. The van der Waals surface area contributed by atoms with Crippen molar-refractivity contribution in [1.82, 2.24) is 24.8 Å². The highest BCUT2D eigenvalue weighted by molar-refractivity contribution is 5.94. The molecule has 0 aliphatic carbocycles. The lowest BCUT2D eigenvalue weighted by Gasteiger charge is -2.28. The van der Waals surface area contributed by atoms with Gasteiger partial charge in [-0.15, -0.1) is 17.5 Å². The number of rotatable bonds is 6. The molecule has 2 amide bonds. The predicted molar refractivity (Wildman–Crippen MR) is 129 cm³/mol. The molecule has 36 heavy (non-hydrogen) atoms. The van der Waals surface area contributed by atoms with Crippen LogP contribution in [0.3, 0.4) is 0 Å². The molecule has 1 aliphatic heterocycles. The van der Waals surface area contributed by atoms with Crippen molar-refractivity contribution in [2.24, 2.45) is 5.73 Å². The smallest absolute Gasteiger partial charge is 0.253 e. The summed E-state index contributed by atoms with van der Waals surface area (Å²) in [6.45, 7) is 1.10. The van der Waals surface area contributed by atoms with Gasteiger partial charge in [0, 0.05) is 50.3 Å². The SMILES string of the molecule is CN(C)C(=O)c1ccc(-c2nnn3c2CN(C(=O)C[C@H](N)Cc2cc(F)c(F)cc2F)CC3)cc1.Cl. The lowest BCUT2D eigenvalue weighted by atomic mass is 10.0. The van der Waals surface area contributed by atoms with E-state index in [4.69, 9.17) is 5.73 Å². The molecule has 3 aromatic rings. The normalized spacial score (nSPS) is 13.6. The highest BCUT2D eigenvalue weighted by Crippen LogP contribution is 2.26. The molecular weight excluding hydrogens is 497 g/mol.